The molecule has 7 heteroatoms. The summed E-state index contributed by atoms with van der Waals surface area (Å²) in [4.78, 5) is 12.3. The highest BCUT2D eigenvalue weighted by molar-refractivity contribution is 5.85. The summed E-state index contributed by atoms with van der Waals surface area (Å²) in [6.07, 6.45) is 2.46. The topological polar surface area (TPSA) is 71.8 Å². The maximum atomic E-state index is 12.3. The highest BCUT2D eigenvalue weighted by Gasteiger charge is 2.27. The Morgan fingerprint density at radius 3 is 2.64 bits per heavy atom. The maximum Gasteiger partial charge on any atom is 0.226 e. The van der Waals surface area contributed by atoms with E-state index >= 15 is 0 Å². The van der Waals surface area contributed by atoms with Gasteiger partial charge in [-0.2, -0.15) is 0 Å². The molecule has 136 valence electrons. The van der Waals surface area contributed by atoms with E-state index in [-0.39, 0.29) is 30.2 Å². The van der Waals surface area contributed by atoms with Crippen LogP contribution >= 0.6 is 12.4 Å². The zero-order valence-electron chi connectivity index (χ0n) is 14.8. The van der Waals surface area contributed by atoms with Gasteiger partial charge in [-0.15, -0.1) is 17.5 Å². The average molecular weight is 364 g/mol. The maximum absolute atomic E-state index is 12.3. The SMILES string of the molecule is Cc1c(CC(=O)NCC2(C)CCNCC2)nnn1-c1ccccc1.Cl. The van der Waals surface area contributed by atoms with Crippen LogP contribution in [-0.2, 0) is 11.2 Å². The second kappa shape index (κ2) is 8.45. The number of carbonyl (C=O) groups is 1. The molecule has 1 fully saturated rings. The minimum atomic E-state index is 0. The Labute approximate surface area is 154 Å². The molecule has 2 aromatic rings. The fourth-order valence-electron chi connectivity index (χ4n) is 3.07. The van der Waals surface area contributed by atoms with Crippen molar-refractivity contribution >= 4 is 18.3 Å². The lowest BCUT2D eigenvalue weighted by Gasteiger charge is -2.34. The highest BCUT2D eigenvalue weighted by atomic mass is 35.5. The van der Waals surface area contributed by atoms with E-state index in [4.69, 9.17) is 0 Å². The molecule has 3 rings (SSSR count). The number of carbonyl (C=O) groups excluding carboxylic acids is 1. The lowest BCUT2D eigenvalue weighted by molar-refractivity contribution is -0.121. The van der Waals surface area contributed by atoms with Gasteiger partial charge in [-0.1, -0.05) is 30.3 Å². The first-order valence-corrected chi connectivity index (χ1v) is 8.51. The van der Waals surface area contributed by atoms with Crippen LogP contribution in [0.2, 0.25) is 0 Å². The molecule has 0 bridgehead atoms. The molecule has 1 amide bonds. The van der Waals surface area contributed by atoms with E-state index in [0.717, 1.165) is 49.6 Å². The molecule has 1 aliphatic rings. The molecule has 0 aliphatic carbocycles. The Morgan fingerprint density at radius 1 is 1.28 bits per heavy atom. The number of hydrogen-bond donors (Lipinski definition) is 2. The van der Waals surface area contributed by atoms with Gasteiger partial charge in [0, 0.05) is 6.54 Å². The molecular formula is C18H26ClN5O. The van der Waals surface area contributed by atoms with Crippen molar-refractivity contribution in [1.29, 1.82) is 0 Å². The quantitative estimate of drug-likeness (QED) is 0.852. The van der Waals surface area contributed by atoms with Gasteiger partial charge in [-0.25, -0.2) is 4.68 Å². The van der Waals surface area contributed by atoms with Gasteiger partial charge in [-0.05, 0) is 50.4 Å². The monoisotopic (exact) mass is 363 g/mol. The molecule has 0 radical (unpaired) electrons. The van der Waals surface area contributed by atoms with Gasteiger partial charge in [0.05, 0.1) is 23.5 Å². The first-order valence-electron chi connectivity index (χ1n) is 8.51. The molecule has 0 spiro atoms. The number of amides is 1. The van der Waals surface area contributed by atoms with E-state index in [1.165, 1.54) is 0 Å². The van der Waals surface area contributed by atoms with E-state index in [9.17, 15) is 4.79 Å². The lowest BCUT2D eigenvalue weighted by atomic mass is 9.81. The third-order valence-electron chi connectivity index (χ3n) is 4.84. The third-order valence-corrected chi connectivity index (χ3v) is 4.84. The van der Waals surface area contributed by atoms with Crippen molar-refractivity contribution in [3.63, 3.8) is 0 Å². The third kappa shape index (κ3) is 4.80. The van der Waals surface area contributed by atoms with Crippen molar-refractivity contribution in [2.75, 3.05) is 19.6 Å². The standard InChI is InChI=1S/C18H25N5O.ClH/c1-14-16(21-22-23(14)15-6-4-3-5-7-15)12-17(24)20-13-18(2)8-10-19-11-9-18;/h3-7,19H,8-13H2,1-2H3,(H,20,24);1H. The van der Waals surface area contributed by atoms with E-state index < -0.39 is 0 Å². The number of piperidine rings is 1. The Bertz CT molecular complexity index is 695. The molecule has 2 heterocycles. The van der Waals surface area contributed by atoms with Crippen molar-refractivity contribution in [1.82, 2.24) is 25.6 Å². The van der Waals surface area contributed by atoms with Crippen molar-refractivity contribution < 1.29 is 4.79 Å². The van der Waals surface area contributed by atoms with E-state index in [1.54, 1.807) is 4.68 Å². The van der Waals surface area contributed by atoms with Crippen molar-refractivity contribution in [2.45, 2.75) is 33.1 Å². The van der Waals surface area contributed by atoms with Crippen molar-refractivity contribution in [3.05, 3.63) is 41.7 Å². The predicted octanol–water partition coefficient (Wildman–Crippen LogP) is 2.05. The second-order valence-electron chi connectivity index (χ2n) is 6.88. The number of nitrogens with one attached hydrogen (secondary N) is 2. The largest absolute Gasteiger partial charge is 0.355 e. The molecule has 0 atom stereocenters. The molecule has 2 N–H and O–H groups in total. The fraction of sp³-hybridized carbons (Fsp3) is 0.500. The van der Waals surface area contributed by atoms with Gasteiger partial charge >= 0.3 is 0 Å². The Morgan fingerprint density at radius 2 is 1.96 bits per heavy atom. The Kier molecular flexibility index (Phi) is 6.56. The zero-order valence-corrected chi connectivity index (χ0v) is 15.6. The van der Waals surface area contributed by atoms with Crippen LogP contribution in [0.1, 0.15) is 31.2 Å². The lowest BCUT2D eigenvalue weighted by Crippen LogP contribution is -2.43. The molecule has 6 nitrogen and oxygen atoms in total. The van der Waals surface area contributed by atoms with Crippen LogP contribution in [0.3, 0.4) is 0 Å². The second-order valence-corrected chi connectivity index (χ2v) is 6.88. The zero-order chi connectivity index (χ0) is 17.0. The highest BCUT2D eigenvalue weighted by Crippen LogP contribution is 2.26. The Balaban J connectivity index is 0.00000225. The summed E-state index contributed by atoms with van der Waals surface area (Å²) < 4.78 is 1.77. The Hall–Kier alpha value is -1.92. The minimum Gasteiger partial charge on any atom is -0.355 e. The van der Waals surface area contributed by atoms with Crippen LogP contribution < -0.4 is 10.6 Å². The molecule has 1 aliphatic heterocycles. The fourth-order valence-corrected chi connectivity index (χ4v) is 3.07. The number of hydrogen-bond acceptors (Lipinski definition) is 4. The van der Waals surface area contributed by atoms with Gasteiger partial charge in [-0.3, -0.25) is 4.79 Å². The van der Waals surface area contributed by atoms with Crippen LogP contribution in [0.25, 0.3) is 5.69 Å². The van der Waals surface area contributed by atoms with Gasteiger partial charge in [0.25, 0.3) is 0 Å². The van der Waals surface area contributed by atoms with E-state index in [0.29, 0.717) is 0 Å². The molecule has 25 heavy (non-hydrogen) atoms. The first-order chi connectivity index (χ1) is 11.6. The van der Waals surface area contributed by atoms with Crippen LogP contribution in [-0.4, -0.2) is 40.5 Å². The number of rotatable bonds is 5. The summed E-state index contributed by atoms with van der Waals surface area (Å²) in [5.74, 6) is 0.0120. The van der Waals surface area contributed by atoms with E-state index in [1.807, 2.05) is 37.3 Å². The van der Waals surface area contributed by atoms with Crippen molar-refractivity contribution in [3.8, 4) is 5.69 Å². The summed E-state index contributed by atoms with van der Waals surface area (Å²) in [5.41, 5.74) is 2.78. The number of para-hydroxylation sites is 1. The minimum absolute atomic E-state index is 0. The molecule has 0 saturated carbocycles. The molecule has 1 aromatic heterocycles. The summed E-state index contributed by atoms with van der Waals surface area (Å²) in [7, 11) is 0. The van der Waals surface area contributed by atoms with E-state index in [2.05, 4.69) is 27.9 Å². The normalized spacial score (nSPS) is 16.1. The molecule has 1 aromatic carbocycles. The molecule has 1 saturated heterocycles. The molecule has 0 unspecified atom stereocenters. The van der Waals surface area contributed by atoms with Crippen LogP contribution in [0.15, 0.2) is 30.3 Å². The number of nitrogens with zero attached hydrogens (tertiary/aromatic N) is 3. The summed E-state index contributed by atoms with van der Waals surface area (Å²) in [6, 6.07) is 9.84. The smallest absolute Gasteiger partial charge is 0.226 e. The number of aromatic nitrogens is 3. The van der Waals surface area contributed by atoms with Crippen LogP contribution in [0, 0.1) is 12.3 Å². The first kappa shape index (κ1) is 19.4. The average Bonchev–Trinajstić information content (AvgIpc) is 2.95. The van der Waals surface area contributed by atoms with Gasteiger partial charge in [0.1, 0.15) is 0 Å². The van der Waals surface area contributed by atoms with Gasteiger partial charge in [0.15, 0.2) is 0 Å². The number of halogens is 1. The summed E-state index contributed by atoms with van der Waals surface area (Å²) in [6.45, 7) is 6.96. The summed E-state index contributed by atoms with van der Waals surface area (Å²) in [5, 5.41) is 14.8. The number of benzene rings is 1. The van der Waals surface area contributed by atoms with Gasteiger partial charge in [0.2, 0.25) is 5.91 Å². The summed E-state index contributed by atoms with van der Waals surface area (Å²) >= 11 is 0. The van der Waals surface area contributed by atoms with Crippen LogP contribution in [0.5, 0.6) is 0 Å². The van der Waals surface area contributed by atoms with Crippen LogP contribution in [0.4, 0.5) is 0 Å². The molecular weight excluding hydrogens is 338 g/mol. The predicted molar refractivity (Wildman–Crippen MR) is 100 cm³/mol. The van der Waals surface area contributed by atoms with Crippen molar-refractivity contribution in [2.24, 2.45) is 5.41 Å². The van der Waals surface area contributed by atoms with Gasteiger partial charge < -0.3 is 10.6 Å².